The fourth-order valence-electron chi connectivity index (χ4n) is 4.63. The van der Waals surface area contributed by atoms with Gasteiger partial charge in [-0.15, -0.1) is 10.2 Å². The molecule has 0 bridgehead atoms. The summed E-state index contributed by atoms with van der Waals surface area (Å²) < 4.78 is 76.0. The first kappa shape index (κ1) is 28.8. The Morgan fingerprint density at radius 1 is 1.03 bits per heavy atom. The van der Waals surface area contributed by atoms with Crippen molar-refractivity contribution < 1.29 is 31.4 Å². The summed E-state index contributed by atoms with van der Waals surface area (Å²) in [6, 6.07) is 0. The number of anilines is 1. The molecule has 1 N–H and O–H groups in total. The Bertz CT molecular complexity index is 1380. The molecule has 0 aromatic carbocycles. The summed E-state index contributed by atoms with van der Waals surface area (Å²) in [5, 5.41) is 7.04. The number of alkyl halides is 2. The van der Waals surface area contributed by atoms with E-state index in [1.165, 1.54) is 40.6 Å². The number of rotatable bonds is 11. The number of nitrogens with one attached hydrogen (secondary N) is 1. The highest BCUT2D eigenvalue weighted by atomic mass is 35.5. The molecule has 0 radical (unpaired) electrons. The Morgan fingerprint density at radius 2 is 1.62 bits per heavy atom. The van der Waals surface area contributed by atoms with Crippen LogP contribution in [0.4, 0.5) is 14.7 Å². The summed E-state index contributed by atoms with van der Waals surface area (Å²) in [4.78, 5) is 16.2. The molecule has 0 spiro atoms. The number of halogens is 3. The lowest BCUT2D eigenvalue weighted by Gasteiger charge is -2.28. The molecule has 212 valence electrons. The van der Waals surface area contributed by atoms with Gasteiger partial charge in [-0.25, -0.2) is 27.2 Å². The molecule has 3 heterocycles. The minimum absolute atomic E-state index is 0.0379. The Hall–Kier alpha value is -3.24. The van der Waals surface area contributed by atoms with E-state index in [0.717, 1.165) is 10.9 Å². The summed E-state index contributed by atoms with van der Waals surface area (Å²) >= 11 is 5.85. The highest BCUT2D eigenvalue weighted by molar-refractivity contribution is 7.93. The van der Waals surface area contributed by atoms with Gasteiger partial charge in [-0.05, 0) is 19.8 Å². The summed E-state index contributed by atoms with van der Waals surface area (Å²) in [6.07, 6.45) is 1.15. The molecule has 0 amide bonds. The van der Waals surface area contributed by atoms with E-state index in [1.54, 1.807) is 0 Å². The van der Waals surface area contributed by atoms with Crippen molar-refractivity contribution in [2.24, 2.45) is 0 Å². The highest BCUT2D eigenvalue weighted by Gasteiger charge is 2.49. The molecule has 1 saturated carbocycles. The number of nitrogens with zero attached hydrogens (tertiary/aromatic N) is 7. The molecule has 2 unspecified atom stereocenters. The predicted molar refractivity (Wildman–Crippen MR) is 135 cm³/mol. The first-order valence-electron chi connectivity index (χ1n) is 11.8. The van der Waals surface area contributed by atoms with Crippen LogP contribution in [0.15, 0.2) is 18.7 Å². The maximum atomic E-state index is 14.6. The molecule has 2 atom stereocenters. The molecular formula is C22H27ClF2N8O5S. The Labute approximate surface area is 228 Å². The standard InChI is InChI=1S/C22H27ClF2N8O5S/c1-12(15(36-2)16-26-9-13(23)10-27-16)39(34,35)32-21-31-30-20(22(19(24)25)7-5-6-8-22)33(21)14-17(37-3)28-11-29-18(14)38-4/h9-12,15,19H,5-8H2,1-4H3,(H,31,32). The van der Waals surface area contributed by atoms with Crippen LogP contribution in [-0.4, -0.2) is 76.1 Å². The van der Waals surface area contributed by atoms with Crippen LogP contribution in [0.2, 0.25) is 5.02 Å². The van der Waals surface area contributed by atoms with Crippen LogP contribution in [0, 0.1) is 0 Å². The molecule has 0 aliphatic heterocycles. The van der Waals surface area contributed by atoms with Crippen LogP contribution in [0.5, 0.6) is 11.8 Å². The number of hydrogen-bond donors (Lipinski definition) is 1. The maximum absolute atomic E-state index is 14.6. The second kappa shape index (κ2) is 11.5. The molecule has 1 aliphatic carbocycles. The van der Waals surface area contributed by atoms with Crippen LogP contribution in [0.25, 0.3) is 5.69 Å². The van der Waals surface area contributed by atoms with E-state index in [9.17, 15) is 17.2 Å². The smallest absolute Gasteiger partial charge is 0.251 e. The molecule has 17 heteroatoms. The van der Waals surface area contributed by atoms with Crippen molar-refractivity contribution >= 4 is 27.6 Å². The molecule has 1 fully saturated rings. The molecule has 13 nitrogen and oxygen atoms in total. The Morgan fingerprint density at radius 3 is 2.13 bits per heavy atom. The molecular weight excluding hydrogens is 562 g/mol. The molecule has 1 aliphatic rings. The van der Waals surface area contributed by atoms with E-state index in [-0.39, 0.29) is 52.9 Å². The first-order chi connectivity index (χ1) is 18.6. The quantitative estimate of drug-likeness (QED) is 0.351. The summed E-state index contributed by atoms with van der Waals surface area (Å²) in [5.41, 5.74) is -1.73. The number of sulfonamides is 1. The van der Waals surface area contributed by atoms with Crippen molar-refractivity contribution in [1.29, 1.82) is 0 Å². The maximum Gasteiger partial charge on any atom is 0.251 e. The SMILES string of the molecule is COc1ncnc(OC)c1-n1c(NS(=O)(=O)C(C)C(OC)c2ncc(Cl)cn2)nnc1C1(C(F)F)CCCC1. The molecule has 3 aromatic rings. The number of hydrogen-bond acceptors (Lipinski definition) is 11. The van der Waals surface area contributed by atoms with Crippen LogP contribution in [0.3, 0.4) is 0 Å². The lowest BCUT2D eigenvalue weighted by atomic mass is 9.85. The Kier molecular flexibility index (Phi) is 8.46. The van der Waals surface area contributed by atoms with Crippen molar-refractivity contribution in [2.45, 2.75) is 55.8 Å². The molecule has 4 rings (SSSR count). The van der Waals surface area contributed by atoms with Gasteiger partial charge in [-0.2, -0.15) is 9.97 Å². The first-order valence-corrected chi connectivity index (χ1v) is 13.7. The fraction of sp³-hybridized carbons (Fsp3) is 0.545. The fourth-order valence-corrected chi connectivity index (χ4v) is 5.85. The normalized spacial score (nSPS) is 16.7. The summed E-state index contributed by atoms with van der Waals surface area (Å²) in [6.45, 7) is 1.38. The zero-order chi connectivity index (χ0) is 28.4. The third-order valence-corrected chi connectivity index (χ3v) is 8.57. The van der Waals surface area contributed by atoms with Crippen molar-refractivity contribution in [3.8, 4) is 17.4 Å². The zero-order valence-electron chi connectivity index (χ0n) is 21.5. The number of ether oxygens (including phenoxy) is 3. The van der Waals surface area contributed by atoms with Gasteiger partial charge in [0, 0.05) is 19.5 Å². The minimum atomic E-state index is -4.32. The van der Waals surface area contributed by atoms with E-state index < -0.39 is 33.2 Å². The van der Waals surface area contributed by atoms with Gasteiger partial charge in [0.15, 0.2) is 17.3 Å². The van der Waals surface area contributed by atoms with E-state index in [1.807, 2.05) is 0 Å². The van der Waals surface area contributed by atoms with Crippen molar-refractivity contribution in [2.75, 3.05) is 26.1 Å². The van der Waals surface area contributed by atoms with Crippen LogP contribution in [0.1, 0.15) is 50.4 Å². The Balaban J connectivity index is 1.86. The minimum Gasteiger partial charge on any atom is -0.479 e. The second-order valence-electron chi connectivity index (χ2n) is 8.86. The topological polar surface area (TPSA) is 156 Å². The second-order valence-corrected chi connectivity index (χ2v) is 11.3. The zero-order valence-corrected chi connectivity index (χ0v) is 23.1. The van der Waals surface area contributed by atoms with Crippen LogP contribution >= 0.6 is 11.6 Å². The van der Waals surface area contributed by atoms with Gasteiger partial charge in [0.25, 0.3) is 6.43 Å². The number of methoxy groups -OCH3 is 3. The molecule has 0 saturated heterocycles. The van der Waals surface area contributed by atoms with Gasteiger partial charge in [-0.1, -0.05) is 24.4 Å². The van der Waals surface area contributed by atoms with E-state index in [0.29, 0.717) is 12.8 Å². The van der Waals surface area contributed by atoms with Gasteiger partial charge in [0.1, 0.15) is 17.7 Å². The summed E-state index contributed by atoms with van der Waals surface area (Å²) in [5.74, 6) is -0.617. The average molecular weight is 589 g/mol. The van der Waals surface area contributed by atoms with Gasteiger partial charge in [0.2, 0.25) is 27.7 Å². The van der Waals surface area contributed by atoms with Crippen molar-refractivity contribution in [3.05, 3.63) is 35.4 Å². The lowest BCUT2D eigenvalue weighted by Crippen LogP contribution is -2.36. The van der Waals surface area contributed by atoms with Gasteiger partial charge in [-0.3, -0.25) is 9.29 Å². The van der Waals surface area contributed by atoms with Gasteiger partial charge >= 0.3 is 0 Å². The molecule has 39 heavy (non-hydrogen) atoms. The average Bonchev–Trinajstić information content (AvgIpc) is 3.57. The monoisotopic (exact) mass is 588 g/mol. The molecule has 3 aromatic heterocycles. The highest BCUT2D eigenvalue weighted by Crippen LogP contribution is 2.47. The van der Waals surface area contributed by atoms with E-state index in [4.69, 9.17) is 25.8 Å². The van der Waals surface area contributed by atoms with Gasteiger partial charge < -0.3 is 14.2 Å². The van der Waals surface area contributed by atoms with Crippen molar-refractivity contribution in [1.82, 2.24) is 34.7 Å². The van der Waals surface area contributed by atoms with Gasteiger partial charge in [0.05, 0.1) is 24.7 Å². The van der Waals surface area contributed by atoms with Crippen LogP contribution < -0.4 is 14.2 Å². The predicted octanol–water partition coefficient (Wildman–Crippen LogP) is 3.11. The van der Waals surface area contributed by atoms with E-state index >= 15 is 0 Å². The van der Waals surface area contributed by atoms with E-state index in [2.05, 4.69) is 34.9 Å². The van der Waals surface area contributed by atoms with Crippen molar-refractivity contribution in [3.63, 3.8) is 0 Å². The lowest BCUT2D eigenvalue weighted by molar-refractivity contribution is 0.0460. The summed E-state index contributed by atoms with van der Waals surface area (Å²) in [7, 11) is -0.391. The largest absolute Gasteiger partial charge is 0.479 e. The third kappa shape index (κ3) is 5.32. The third-order valence-electron chi connectivity index (χ3n) is 6.69. The van der Waals surface area contributed by atoms with Crippen LogP contribution in [-0.2, 0) is 20.2 Å². The number of aromatic nitrogens is 7.